The largest absolute Gasteiger partial charge is 0.273 e. The molecule has 1 unspecified atom stereocenters. The van der Waals surface area contributed by atoms with Crippen LogP contribution in [0.15, 0.2) is 64.8 Å². The van der Waals surface area contributed by atoms with Crippen molar-refractivity contribution in [1.29, 1.82) is 0 Å². The third kappa shape index (κ3) is 3.29. The zero-order chi connectivity index (χ0) is 18.8. The Morgan fingerprint density at radius 1 is 1.15 bits per heavy atom. The van der Waals surface area contributed by atoms with Gasteiger partial charge in [-0.25, -0.2) is 10.9 Å². The highest BCUT2D eigenvalue weighted by atomic mass is 16.2. The van der Waals surface area contributed by atoms with Gasteiger partial charge in [-0.2, -0.15) is 10.2 Å². The number of carbonyl (C=O) groups is 2. The summed E-state index contributed by atoms with van der Waals surface area (Å²) in [5.74, 6) is -1.11. The van der Waals surface area contributed by atoms with Gasteiger partial charge in [0.25, 0.3) is 0 Å². The van der Waals surface area contributed by atoms with Gasteiger partial charge in [-0.1, -0.05) is 48.5 Å². The number of nitrogens with one attached hydrogen (secondary N) is 2. The maximum absolute atomic E-state index is 12.1. The van der Waals surface area contributed by atoms with Crippen LogP contribution in [0.2, 0.25) is 0 Å². The van der Waals surface area contributed by atoms with Crippen molar-refractivity contribution in [3.05, 3.63) is 60.2 Å². The summed E-state index contributed by atoms with van der Waals surface area (Å²) in [6.07, 6.45) is 1.69. The van der Waals surface area contributed by atoms with Gasteiger partial charge in [-0.05, 0) is 34.5 Å². The van der Waals surface area contributed by atoms with Crippen LogP contribution >= 0.6 is 0 Å². The summed E-state index contributed by atoms with van der Waals surface area (Å²) >= 11 is 0. The monoisotopic (exact) mass is 358 g/mol. The van der Waals surface area contributed by atoms with E-state index in [4.69, 9.17) is 0 Å². The van der Waals surface area contributed by atoms with Crippen LogP contribution in [0.4, 0.5) is 0 Å². The lowest BCUT2D eigenvalue weighted by Crippen LogP contribution is -2.29. The van der Waals surface area contributed by atoms with Crippen molar-refractivity contribution in [2.75, 3.05) is 0 Å². The smallest absolute Gasteiger partial charge is 0.249 e. The molecule has 2 N–H and O–H groups in total. The summed E-state index contributed by atoms with van der Waals surface area (Å²) in [6.45, 7) is 1.72. The first-order chi connectivity index (χ1) is 13.1. The fraction of sp³-hybridized carbons (Fsp3) is 0.143. The van der Waals surface area contributed by atoms with Crippen LogP contribution in [0, 0.1) is 5.92 Å². The minimum atomic E-state index is -0.529. The van der Waals surface area contributed by atoms with Gasteiger partial charge < -0.3 is 0 Å². The summed E-state index contributed by atoms with van der Waals surface area (Å²) in [4.78, 5) is 23.8. The van der Waals surface area contributed by atoms with Crippen LogP contribution in [0.1, 0.15) is 18.9 Å². The molecule has 0 aliphatic carbocycles. The minimum absolute atomic E-state index is 0.0226. The minimum Gasteiger partial charge on any atom is -0.273 e. The van der Waals surface area contributed by atoms with Crippen LogP contribution in [0.3, 0.4) is 0 Å². The van der Waals surface area contributed by atoms with Crippen molar-refractivity contribution in [2.45, 2.75) is 13.3 Å². The Morgan fingerprint density at radius 2 is 1.78 bits per heavy atom. The molecule has 1 heterocycles. The maximum atomic E-state index is 12.1. The van der Waals surface area contributed by atoms with Gasteiger partial charge in [0.2, 0.25) is 11.8 Å². The quantitative estimate of drug-likeness (QED) is 0.427. The molecular weight excluding hydrogens is 340 g/mol. The zero-order valence-corrected chi connectivity index (χ0v) is 14.8. The molecule has 134 valence electrons. The van der Waals surface area contributed by atoms with Gasteiger partial charge in [0.05, 0.1) is 12.1 Å². The van der Waals surface area contributed by atoms with Crippen molar-refractivity contribution in [1.82, 2.24) is 10.9 Å². The predicted octanol–water partition coefficient (Wildman–Crippen LogP) is 2.96. The molecule has 6 nitrogen and oxygen atoms in total. The second-order valence-electron chi connectivity index (χ2n) is 6.51. The van der Waals surface area contributed by atoms with E-state index in [1.165, 1.54) is 0 Å². The fourth-order valence-corrected chi connectivity index (χ4v) is 3.32. The molecule has 0 radical (unpaired) electrons. The van der Waals surface area contributed by atoms with Gasteiger partial charge >= 0.3 is 0 Å². The van der Waals surface area contributed by atoms with Gasteiger partial charge in [-0.3, -0.25) is 9.59 Å². The van der Waals surface area contributed by atoms with E-state index >= 15 is 0 Å². The average Bonchev–Trinajstić information content (AvgIpc) is 2.99. The fourth-order valence-electron chi connectivity index (χ4n) is 3.32. The average molecular weight is 358 g/mol. The van der Waals surface area contributed by atoms with E-state index in [-0.39, 0.29) is 18.2 Å². The lowest BCUT2D eigenvalue weighted by molar-refractivity contribution is -0.127. The third-order valence-corrected chi connectivity index (χ3v) is 4.75. The number of hydrogen-bond donors (Lipinski definition) is 2. The van der Waals surface area contributed by atoms with E-state index in [0.717, 1.165) is 27.1 Å². The Morgan fingerprint density at radius 3 is 2.37 bits per heavy atom. The molecule has 4 rings (SSSR count). The number of rotatable bonds is 4. The van der Waals surface area contributed by atoms with E-state index in [1.54, 1.807) is 13.1 Å². The lowest BCUT2D eigenvalue weighted by atomic mass is 9.97. The Hall–Kier alpha value is -3.54. The van der Waals surface area contributed by atoms with Crippen molar-refractivity contribution < 1.29 is 9.59 Å². The van der Waals surface area contributed by atoms with Gasteiger partial charge in [0.15, 0.2) is 0 Å². The van der Waals surface area contributed by atoms with Crippen LogP contribution < -0.4 is 10.9 Å². The van der Waals surface area contributed by atoms with Gasteiger partial charge in [0.1, 0.15) is 0 Å². The summed E-state index contributed by atoms with van der Waals surface area (Å²) in [5, 5.41) is 12.3. The summed E-state index contributed by atoms with van der Waals surface area (Å²) in [7, 11) is 0. The van der Waals surface area contributed by atoms with Gasteiger partial charge in [0, 0.05) is 17.7 Å². The highest BCUT2D eigenvalue weighted by Crippen LogP contribution is 2.27. The molecular formula is C21H18N4O2. The first kappa shape index (κ1) is 16.9. The molecule has 1 aliphatic heterocycles. The second-order valence-corrected chi connectivity index (χ2v) is 6.51. The number of fused-ring (bicyclic) bond motifs is 2. The molecule has 3 aromatic carbocycles. The van der Waals surface area contributed by atoms with Crippen LogP contribution in [0.5, 0.6) is 0 Å². The molecule has 1 aliphatic rings. The van der Waals surface area contributed by atoms with E-state index in [9.17, 15) is 9.59 Å². The molecule has 0 saturated carbocycles. The van der Waals surface area contributed by atoms with E-state index in [0.29, 0.717) is 5.71 Å². The third-order valence-electron chi connectivity index (χ3n) is 4.75. The van der Waals surface area contributed by atoms with Crippen LogP contribution in [0.25, 0.3) is 21.5 Å². The van der Waals surface area contributed by atoms with Gasteiger partial charge in [-0.15, -0.1) is 0 Å². The Bertz CT molecular complexity index is 1060. The van der Waals surface area contributed by atoms with Crippen molar-refractivity contribution in [3.63, 3.8) is 0 Å². The van der Waals surface area contributed by atoms with E-state index in [1.807, 2.05) is 36.4 Å². The summed E-state index contributed by atoms with van der Waals surface area (Å²) in [5.41, 5.74) is 6.46. The van der Waals surface area contributed by atoms with Crippen molar-refractivity contribution in [3.8, 4) is 0 Å². The topological polar surface area (TPSA) is 82.9 Å². The molecule has 3 aromatic rings. The molecule has 27 heavy (non-hydrogen) atoms. The number of nitrogens with zero attached hydrogens (tertiary/aromatic N) is 2. The standard InChI is InChI=1S/C21H18N4O2/c1-13-18(21(27)25-23-13)11-20(26)24-22-12-19-16-8-4-2-6-14(16)10-15-7-3-5-9-17(15)19/h2-10,12,18H,11H2,1H3,(H,24,26)(H,25,27)/b22-12+. The molecule has 6 heteroatoms. The second kappa shape index (κ2) is 6.99. The highest BCUT2D eigenvalue weighted by molar-refractivity contribution is 6.13. The molecule has 0 fully saturated rings. The molecule has 0 saturated heterocycles. The summed E-state index contributed by atoms with van der Waals surface area (Å²) < 4.78 is 0. The number of hydrogen-bond acceptors (Lipinski definition) is 4. The molecule has 1 atom stereocenters. The Labute approximate surface area is 155 Å². The number of carbonyl (C=O) groups excluding carboxylic acids is 2. The normalized spacial score (nSPS) is 16.7. The van der Waals surface area contributed by atoms with Crippen LogP contribution in [-0.2, 0) is 9.59 Å². The van der Waals surface area contributed by atoms with Crippen molar-refractivity contribution >= 4 is 45.3 Å². The van der Waals surface area contributed by atoms with E-state index < -0.39 is 5.92 Å². The predicted molar refractivity (Wildman–Crippen MR) is 107 cm³/mol. The number of hydrazone groups is 2. The molecule has 0 aromatic heterocycles. The summed E-state index contributed by atoms with van der Waals surface area (Å²) in [6, 6.07) is 18.3. The maximum Gasteiger partial charge on any atom is 0.249 e. The lowest BCUT2D eigenvalue weighted by Gasteiger charge is -2.08. The molecule has 2 amide bonds. The Kier molecular flexibility index (Phi) is 4.38. The van der Waals surface area contributed by atoms with E-state index in [2.05, 4.69) is 39.3 Å². The first-order valence-electron chi connectivity index (χ1n) is 8.70. The first-order valence-corrected chi connectivity index (χ1v) is 8.70. The molecule has 0 bridgehead atoms. The highest BCUT2D eigenvalue weighted by Gasteiger charge is 2.28. The molecule has 0 spiro atoms. The van der Waals surface area contributed by atoms with Crippen molar-refractivity contribution in [2.24, 2.45) is 16.1 Å². The zero-order valence-electron chi connectivity index (χ0n) is 14.8. The Balaban J connectivity index is 1.59. The number of amides is 2. The number of benzene rings is 3. The SMILES string of the molecule is CC1=NNC(=O)C1CC(=O)N/N=C/c1c2ccccc2cc2ccccc12. The van der Waals surface area contributed by atoms with Crippen LogP contribution in [-0.4, -0.2) is 23.7 Å².